The zero-order valence-electron chi connectivity index (χ0n) is 21.7. The molecule has 1 amide bonds. The average molecular weight is 497 g/mol. The summed E-state index contributed by atoms with van der Waals surface area (Å²) in [6.45, 7) is 6.29. The van der Waals surface area contributed by atoms with Gasteiger partial charge in [0.1, 0.15) is 24.0 Å². The number of nitrogens with zero attached hydrogens (tertiary/aromatic N) is 1. The number of carbonyl (C=O) groups is 1. The summed E-state index contributed by atoms with van der Waals surface area (Å²) in [5.74, 6) is 0.162. The predicted octanol–water partition coefficient (Wildman–Crippen LogP) is 8.04. The average Bonchev–Trinajstić information content (AvgIpc) is 2.92. The van der Waals surface area contributed by atoms with Gasteiger partial charge in [-0.05, 0) is 71.1 Å². The van der Waals surface area contributed by atoms with Crippen LogP contribution >= 0.6 is 0 Å². The standard InChI is InChI=1S/C34H28N2O2/c1-22-17-23(2)33(24(3)18-22)36-34(37)28(20-35)19-31-30-14-7-5-10-26(30)15-16-32(31)38-21-27-12-8-11-25-9-4-6-13-29(25)27/h4-19H,21H2,1-3H3,(H,36,37)/b28-19+. The minimum atomic E-state index is -0.449. The fraction of sp³-hybridized carbons (Fsp3) is 0.118. The quantitative estimate of drug-likeness (QED) is 0.191. The fourth-order valence-corrected chi connectivity index (χ4v) is 4.98. The van der Waals surface area contributed by atoms with E-state index in [0.717, 1.165) is 49.5 Å². The lowest BCUT2D eigenvalue weighted by Gasteiger charge is -2.15. The van der Waals surface area contributed by atoms with Gasteiger partial charge in [0.2, 0.25) is 0 Å². The number of benzene rings is 5. The van der Waals surface area contributed by atoms with E-state index in [-0.39, 0.29) is 5.57 Å². The zero-order valence-corrected chi connectivity index (χ0v) is 21.7. The summed E-state index contributed by atoms with van der Waals surface area (Å²) in [7, 11) is 0. The molecule has 0 atom stereocenters. The minimum absolute atomic E-state index is 0.00994. The molecule has 0 aromatic heterocycles. The highest BCUT2D eigenvalue weighted by molar-refractivity contribution is 6.11. The predicted molar refractivity (Wildman–Crippen MR) is 155 cm³/mol. The summed E-state index contributed by atoms with van der Waals surface area (Å²) in [6, 6.07) is 32.3. The number of nitriles is 1. The lowest BCUT2D eigenvalue weighted by molar-refractivity contribution is -0.112. The van der Waals surface area contributed by atoms with Crippen LogP contribution in [0.4, 0.5) is 5.69 Å². The first-order valence-corrected chi connectivity index (χ1v) is 12.6. The Bertz CT molecular complexity index is 1730. The molecule has 0 unspecified atom stereocenters. The molecule has 1 N–H and O–H groups in total. The molecule has 0 saturated heterocycles. The number of ether oxygens (including phenoxy) is 1. The Morgan fingerprint density at radius 2 is 1.47 bits per heavy atom. The van der Waals surface area contributed by atoms with Gasteiger partial charge in [-0.25, -0.2) is 0 Å². The molecular formula is C34H28N2O2. The number of aryl methyl sites for hydroxylation is 3. The Morgan fingerprint density at radius 1 is 0.842 bits per heavy atom. The van der Waals surface area contributed by atoms with E-state index in [0.29, 0.717) is 17.9 Å². The van der Waals surface area contributed by atoms with Crippen molar-refractivity contribution in [3.05, 3.63) is 124 Å². The number of rotatable bonds is 6. The van der Waals surface area contributed by atoms with Gasteiger partial charge in [0.25, 0.3) is 5.91 Å². The molecule has 0 aliphatic rings. The van der Waals surface area contributed by atoms with Crippen LogP contribution in [0.3, 0.4) is 0 Å². The van der Waals surface area contributed by atoms with Gasteiger partial charge in [-0.15, -0.1) is 0 Å². The largest absolute Gasteiger partial charge is 0.488 e. The maximum Gasteiger partial charge on any atom is 0.266 e. The Balaban J connectivity index is 1.53. The number of hydrogen-bond acceptors (Lipinski definition) is 3. The van der Waals surface area contributed by atoms with Gasteiger partial charge in [-0.2, -0.15) is 5.26 Å². The molecule has 0 aliphatic carbocycles. The molecule has 186 valence electrons. The molecule has 4 heteroatoms. The van der Waals surface area contributed by atoms with Gasteiger partial charge < -0.3 is 10.1 Å². The maximum atomic E-state index is 13.3. The van der Waals surface area contributed by atoms with Gasteiger partial charge in [0.05, 0.1) is 0 Å². The van der Waals surface area contributed by atoms with Gasteiger partial charge in [-0.3, -0.25) is 4.79 Å². The fourth-order valence-electron chi connectivity index (χ4n) is 4.98. The van der Waals surface area contributed by atoms with Gasteiger partial charge in [0.15, 0.2) is 0 Å². The maximum absolute atomic E-state index is 13.3. The number of anilines is 1. The first kappa shape index (κ1) is 24.8. The van der Waals surface area contributed by atoms with Gasteiger partial charge in [0, 0.05) is 11.3 Å². The molecule has 5 aromatic carbocycles. The Labute approximate surface area is 222 Å². The molecule has 0 radical (unpaired) electrons. The third-order valence-electron chi connectivity index (χ3n) is 6.76. The van der Waals surface area contributed by atoms with Gasteiger partial charge in [-0.1, -0.05) is 90.5 Å². The van der Waals surface area contributed by atoms with E-state index in [1.807, 2.05) is 87.5 Å². The van der Waals surface area contributed by atoms with Crippen molar-refractivity contribution in [1.82, 2.24) is 0 Å². The minimum Gasteiger partial charge on any atom is -0.488 e. The molecule has 5 aromatic rings. The first-order chi connectivity index (χ1) is 18.4. The van der Waals surface area contributed by atoms with Crippen LogP contribution in [0.5, 0.6) is 5.75 Å². The topological polar surface area (TPSA) is 62.1 Å². The van der Waals surface area contributed by atoms with Crippen LogP contribution in [0.1, 0.15) is 27.8 Å². The van der Waals surface area contributed by atoms with E-state index >= 15 is 0 Å². The van der Waals surface area contributed by atoms with E-state index in [9.17, 15) is 10.1 Å². The van der Waals surface area contributed by atoms with E-state index in [2.05, 4.69) is 35.7 Å². The van der Waals surface area contributed by atoms with Crippen molar-refractivity contribution >= 4 is 39.2 Å². The highest BCUT2D eigenvalue weighted by Crippen LogP contribution is 2.32. The Kier molecular flexibility index (Phi) is 6.93. The molecule has 5 rings (SSSR count). The lowest BCUT2D eigenvalue weighted by Crippen LogP contribution is -2.15. The summed E-state index contributed by atoms with van der Waals surface area (Å²) < 4.78 is 6.35. The first-order valence-electron chi connectivity index (χ1n) is 12.6. The van der Waals surface area contributed by atoms with Crippen LogP contribution in [-0.4, -0.2) is 5.91 Å². The van der Waals surface area contributed by atoms with E-state index < -0.39 is 5.91 Å². The SMILES string of the molecule is Cc1cc(C)c(NC(=O)/C(C#N)=C/c2c(OCc3cccc4ccccc34)ccc3ccccc23)c(C)c1. The molecule has 38 heavy (non-hydrogen) atoms. The van der Waals surface area contributed by atoms with E-state index in [4.69, 9.17) is 4.74 Å². The smallest absolute Gasteiger partial charge is 0.266 e. The van der Waals surface area contributed by atoms with Crippen molar-refractivity contribution in [1.29, 1.82) is 5.26 Å². The highest BCUT2D eigenvalue weighted by Gasteiger charge is 2.16. The summed E-state index contributed by atoms with van der Waals surface area (Å²) in [6.07, 6.45) is 1.63. The molecule has 4 nitrogen and oxygen atoms in total. The summed E-state index contributed by atoms with van der Waals surface area (Å²) >= 11 is 0. The molecule has 0 heterocycles. The van der Waals surface area contributed by atoms with Crippen LogP contribution in [0.25, 0.3) is 27.6 Å². The highest BCUT2D eigenvalue weighted by atomic mass is 16.5. The van der Waals surface area contributed by atoms with Crippen LogP contribution < -0.4 is 10.1 Å². The summed E-state index contributed by atoms with van der Waals surface area (Å²) in [5.41, 5.74) is 5.54. The van der Waals surface area contributed by atoms with Crippen LogP contribution in [0.15, 0.2) is 96.6 Å². The van der Waals surface area contributed by atoms with Gasteiger partial charge >= 0.3 is 0 Å². The third kappa shape index (κ3) is 5.00. The number of hydrogen-bond donors (Lipinski definition) is 1. The van der Waals surface area contributed by atoms with Crippen molar-refractivity contribution in [2.45, 2.75) is 27.4 Å². The summed E-state index contributed by atoms with van der Waals surface area (Å²) in [4.78, 5) is 13.3. The number of nitrogens with one attached hydrogen (secondary N) is 1. The second-order valence-corrected chi connectivity index (χ2v) is 9.52. The second-order valence-electron chi connectivity index (χ2n) is 9.52. The number of amides is 1. The molecule has 0 aliphatic heterocycles. The van der Waals surface area contributed by atoms with E-state index in [1.54, 1.807) is 6.08 Å². The molecular weight excluding hydrogens is 468 g/mol. The van der Waals surface area contributed by atoms with Crippen molar-refractivity contribution in [2.75, 3.05) is 5.32 Å². The Hall–Kier alpha value is -4.88. The van der Waals surface area contributed by atoms with Crippen molar-refractivity contribution in [2.24, 2.45) is 0 Å². The number of fused-ring (bicyclic) bond motifs is 2. The van der Waals surface area contributed by atoms with Crippen molar-refractivity contribution in [3.8, 4) is 11.8 Å². The lowest BCUT2D eigenvalue weighted by atomic mass is 10.0. The normalized spacial score (nSPS) is 11.4. The third-order valence-corrected chi connectivity index (χ3v) is 6.76. The van der Waals surface area contributed by atoms with Crippen molar-refractivity contribution in [3.63, 3.8) is 0 Å². The second kappa shape index (κ2) is 10.6. The van der Waals surface area contributed by atoms with Crippen LogP contribution in [0, 0.1) is 32.1 Å². The molecule has 0 bridgehead atoms. The van der Waals surface area contributed by atoms with Crippen LogP contribution in [0.2, 0.25) is 0 Å². The van der Waals surface area contributed by atoms with Crippen molar-refractivity contribution < 1.29 is 9.53 Å². The molecule has 0 spiro atoms. The zero-order chi connectivity index (χ0) is 26.6. The number of carbonyl (C=O) groups excluding carboxylic acids is 1. The molecule has 0 saturated carbocycles. The Morgan fingerprint density at radius 3 is 2.18 bits per heavy atom. The van der Waals surface area contributed by atoms with E-state index in [1.165, 1.54) is 0 Å². The monoisotopic (exact) mass is 496 g/mol. The van der Waals surface area contributed by atoms with Crippen LogP contribution in [-0.2, 0) is 11.4 Å². The molecule has 0 fully saturated rings. The summed E-state index contributed by atoms with van der Waals surface area (Å²) in [5, 5.41) is 17.1.